The van der Waals surface area contributed by atoms with Gasteiger partial charge in [0.1, 0.15) is 6.54 Å². The van der Waals surface area contributed by atoms with Crippen molar-refractivity contribution in [1.29, 1.82) is 0 Å². The summed E-state index contributed by atoms with van der Waals surface area (Å²) in [4.78, 5) is 24.1. The molecule has 1 saturated carbocycles. The molecule has 0 spiro atoms. The molecule has 21 heavy (non-hydrogen) atoms. The van der Waals surface area contributed by atoms with E-state index in [0.717, 1.165) is 12.8 Å². The van der Waals surface area contributed by atoms with E-state index >= 15 is 0 Å². The van der Waals surface area contributed by atoms with E-state index in [1.54, 1.807) is 18.3 Å². The maximum absolute atomic E-state index is 12.1. The van der Waals surface area contributed by atoms with Crippen LogP contribution < -0.4 is 15.6 Å². The lowest BCUT2D eigenvalue weighted by Gasteiger charge is -2.21. The lowest BCUT2D eigenvalue weighted by molar-refractivity contribution is -0.122. The minimum atomic E-state index is -0.271. The van der Waals surface area contributed by atoms with Gasteiger partial charge in [-0.1, -0.05) is 32.1 Å². The van der Waals surface area contributed by atoms with Gasteiger partial charge in [-0.25, -0.2) is 0 Å². The number of nitrogens with zero attached hydrogens (tertiary/aromatic N) is 1. The highest BCUT2D eigenvalue weighted by Gasteiger charge is 2.15. The molecule has 116 valence electrons. The Hall–Kier alpha value is -1.78. The summed E-state index contributed by atoms with van der Waals surface area (Å²) in [6.07, 6.45) is 9.84. The number of methoxy groups -OCH3 is 1. The van der Waals surface area contributed by atoms with Gasteiger partial charge in [0.05, 0.1) is 7.11 Å². The van der Waals surface area contributed by atoms with Crippen molar-refractivity contribution in [2.24, 2.45) is 0 Å². The van der Waals surface area contributed by atoms with Gasteiger partial charge in [0.25, 0.3) is 5.56 Å². The molecule has 5 nitrogen and oxygen atoms in total. The number of pyridine rings is 1. The smallest absolute Gasteiger partial charge is 0.293 e. The molecule has 0 unspecified atom stereocenters. The molecule has 1 fully saturated rings. The first kappa shape index (κ1) is 15.6. The van der Waals surface area contributed by atoms with Crippen LogP contribution in [0.5, 0.6) is 5.75 Å². The standard InChI is InChI=1S/C16H24N2O3/c1-21-14-10-7-11-18(16(14)20)12-15(19)17-13-8-5-3-2-4-6-9-13/h7,10-11,13H,2-6,8-9,12H2,1H3,(H,17,19). The van der Waals surface area contributed by atoms with E-state index in [4.69, 9.17) is 4.74 Å². The quantitative estimate of drug-likeness (QED) is 0.924. The Bertz CT molecular complexity index is 516. The molecule has 1 aromatic heterocycles. The number of rotatable bonds is 4. The zero-order chi connectivity index (χ0) is 15.1. The summed E-state index contributed by atoms with van der Waals surface area (Å²) in [6.45, 7) is 0.0481. The number of carbonyl (C=O) groups excluding carboxylic acids is 1. The molecule has 1 N–H and O–H groups in total. The molecule has 0 aromatic carbocycles. The van der Waals surface area contributed by atoms with Gasteiger partial charge in [0, 0.05) is 12.2 Å². The molecule has 0 saturated heterocycles. The van der Waals surface area contributed by atoms with Gasteiger partial charge in [0.15, 0.2) is 5.75 Å². The molecule has 2 rings (SSSR count). The number of nitrogens with one attached hydrogen (secondary N) is 1. The minimum Gasteiger partial charge on any atom is -0.491 e. The van der Waals surface area contributed by atoms with Gasteiger partial charge >= 0.3 is 0 Å². The molecule has 1 aliphatic rings. The number of hydrogen-bond donors (Lipinski definition) is 1. The molecule has 0 atom stereocenters. The van der Waals surface area contributed by atoms with E-state index in [0.29, 0.717) is 0 Å². The largest absolute Gasteiger partial charge is 0.491 e. The topological polar surface area (TPSA) is 60.3 Å². The van der Waals surface area contributed by atoms with Gasteiger partial charge in [-0.2, -0.15) is 0 Å². The molecular formula is C16H24N2O3. The maximum atomic E-state index is 12.1. The van der Waals surface area contributed by atoms with Crippen molar-refractivity contribution in [2.75, 3.05) is 7.11 Å². The van der Waals surface area contributed by atoms with Crippen LogP contribution in [0.15, 0.2) is 23.1 Å². The lowest BCUT2D eigenvalue weighted by Crippen LogP contribution is -2.39. The number of amides is 1. The van der Waals surface area contributed by atoms with E-state index in [1.807, 2.05) is 0 Å². The van der Waals surface area contributed by atoms with E-state index in [9.17, 15) is 9.59 Å². The second-order valence-electron chi connectivity index (χ2n) is 5.62. The van der Waals surface area contributed by atoms with E-state index in [2.05, 4.69) is 5.32 Å². The summed E-state index contributed by atoms with van der Waals surface area (Å²) < 4.78 is 6.37. The van der Waals surface area contributed by atoms with Gasteiger partial charge < -0.3 is 14.6 Å². The van der Waals surface area contributed by atoms with Crippen LogP contribution in [-0.2, 0) is 11.3 Å². The highest BCUT2D eigenvalue weighted by atomic mass is 16.5. The van der Waals surface area contributed by atoms with Crippen molar-refractivity contribution >= 4 is 5.91 Å². The third kappa shape index (κ3) is 4.62. The second-order valence-corrected chi connectivity index (χ2v) is 5.62. The van der Waals surface area contributed by atoms with Crippen LogP contribution >= 0.6 is 0 Å². The van der Waals surface area contributed by atoms with Gasteiger partial charge in [-0.3, -0.25) is 9.59 Å². The third-order valence-corrected chi connectivity index (χ3v) is 3.99. The van der Waals surface area contributed by atoms with Gasteiger partial charge in [-0.05, 0) is 25.0 Å². The van der Waals surface area contributed by atoms with Crippen LogP contribution in [-0.4, -0.2) is 23.6 Å². The fourth-order valence-corrected chi connectivity index (χ4v) is 2.82. The summed E-state index contributed by atoms with van der Waals surface area (Å²) in [5, 5.41) is 3.06. The predicted octanol–water partition coefficient (Wildman–Crippen LogP) is 2.09. The van der Waals surface area contributed by atoms with Crippen LogP contribution in [0.3, 0.4) is 0 Å². The Balaban J connectivity index is 1.93. The average molecular weight is 292 g/mol. The highest BCUT2D eigenvalue weighted by Crippen LogP contribution is 2.17. The van der Waals surface area contributed by atoms with Crippen molar-refractivity contribution in [2.45, 2.75) is 57.5 Å². The fourth-order valence-electron chi connectivity index (χ4n) is 2.82. The van der Waals surface area contributed by atoms with Crippen molar-refractivity contribution in [3.05, 3.63) is 28.7 Å². The van der Waals surface area contributed by atoms with Crippen LogP contribution in [0.4, 0.5) is 0 Å². The van der Waals surface area contributed by atoms with E-state index in [-0.39, 0.29) is 29.8 Å². The molecular weight excluding hydrogens is 268 g/mol. The second kappa shape index (κ2) is 7.86. The molecule has 0 bridgehead atoms. The Morgan fingerprint density at radius 1 is 1.29 bits per heavy atom. The molecule has 0 radical (unpaired) electrons. The van der Waals surface area contributed by atoms with Crippen molar-refractivity contribution < 1.29 is 9.53 Å². The fraction of sp³-hybridized carbons (Fsp3) is 0.625. The Morgan fingerprint density at radius 2 is 1.95 bits per heavy atom. The number of ether oxygens (including phenoxy) is 1. The first-order valence-corrected chi connectivity index (χ1v) is 7.73. The summed E-state index contributed by atoms with van der Waals surface area (Å²) >= 11 is 0. The SMILES string of the molecule is COc1cccn(CC(=O)NC2CCCCCCC2)c1=O. The first-order valence-electron chi connectivity index (χ1n) is 7.73. The zero-order valence-corrected chi connectivity index (χ0v) is 12.6. The highest BCUT2D eigenvalue weighted by molar-refractivity contribution is 5.76. The van der Waals surface area contributed by atoms with E-state index < -0.39 is 0 Å². The number of aromatic nitrogens is 1. The Kier molecular flexibility index (Phi) is 5.84. The van der Waals surface area contributed by atoms with Crippen LogP contribution in [0.25, 0.3) is 0 Å². The van der Waals surface area contributed by atoms with Crippen molar-refractivity contribution in [3.8, 4) is 5.75 Å². The lowest BCUT2D eigenvalue weighted by atomic mass is 9.97. The maximum Gasteiger partial charge on any atom is 0.293 e. The molecule has 5 heteroatoms. The summed E-state index contributed by atoms with van der Waals surface area (Å²) in [5.74, 6) is 0.159. The molecule has 1 aliphatic carbocycles. The van der Waals surface area contributed by atoms with Crippen molar-refractivity contribution in [1.82, 2.24) is 9.88 Å². The molecule has 1 aromatic rings. The average Bonchev–Trinajstić information content (AvgIpc) is 2.44. The summed E-state index contributed by atoms with van der Waals surface area (Å²) in [6, 6.07) is 3.56. The van der Waals surface area contributed by atoms with Crippen LogP contribution in [0.2, 0.25) is 0 Å². The summed E-state index contributed by atoms with van der Waals surface area (Å²) in [7, 11) is 1.45. The molecule has 1 heterocycles. The number of carbonyl (C=O) groups is 1. The monoisotopic (exact) mass is 292 g/mol. The molecule has 1 amide bonds. The zero-order valence-electron chi connectivity index (χ0n) is 12.6. The van der Waals surface area contributed by atoms with Gasteiger partial charge in [-0.15, -0.1) is 0 Å². The summed E-state index contributed by atoms with van der Waals surface area (Å²) in [5.41, 5.74) is -0.271. The van der Waals surface area contributed by atoms with E-state index in [1.165, 1.54) is 43.8 Å². The van der Waals surface area contributed by atoms with Crippen molar-refractivity contribution in [3.63, 3.8) is 0 Å². The minimum absolute atomic E-state index is 0.0481. The molecule has 0 aliphatic heterocycles. The van der Waals surface area contributed by atoms with Crippen LogP contribution in [0, 0.1) is 0 Å². The normalized spacial score (nSPS) is 16.8. The van der Waals surface area contributed by atoms with Crippen LogP contribution in [0.1, 0.15) is 44.9 Å². The Morgan fingerprint density at radius 3 is 2.62 bits per heavy atom. The first-order chi connectivity index (χ1) is 10.2. The van der Waals surface area contributed by atoms with Gasteiger partial charge in [0.2, 0.25) is 5.91 Å². The third-order valence-electron chi connectivity index (χ3n) is 3.99. The number of hydrogen-bond acceptors (Lipinski definition) is 3. The Labute approximate surface area is 125 Å². The predicted molar refractivity (Wildman–Crippen MR) is 81.5 cm³/mol.